The Morgan fingerprint density at radius 1 is 1.16 bits per heavy atom. The Balaban J connectivity index is 1.43. The number of rotatable bonds is 3. The number of likely N-dealkylation sites (tertiary alicyclic amines) is 3. The van der Waals surface area contributed by atoms with Gasteiger partial charge in [0.2, 0.25) is 11.8 Å². The highest BCUT2D eigenvalue weighted by Crippen LogP contribution is 2.49. The number of amides is 4. The van der Waals surface area contributed by atoms with E-state index in [0.29, 0.717) is 32.6 Å². The van der Waals surface area contributed by atoms with Gasteiger partial charge in [0.15, 0.2) is 0 Å². The highest BCUT2D eigenvalue weighted by atomic mass is 16.5. The van der Waals surface area contributed by atoms with Crippen LogP contribution in [-0.4, -0.2) is 97.4 Å². The molecular weight excluding hydrogens is 396 g/mol. The Labute approximate surface area is 183 Å². The minimum atomic E-state index is -0.268. The maximum atomic E-state index is 13.0. The Bertz CT molecular complexity index is 878. The fraction of sp³-hybridized carbons (Fsp3) is 0.609. The van der Waals surface area contributed by atoms with Crippen LogP contribution in [0.2, 0.25) is 0 Å². The number of carbonyl (C=O) groups excluding carboxylic acids is 3. The van der Waals surface area contributed by atoms with E-state index in [1.807, 2.05) is 46.0 Å². The smallest absolute Gasteiger partial charge is 0.319 e. The molecule has 0 aromatic heterocycles. The van der Waals surface area contributed by atoms with E-state index in [-0.39, 0.29) is 35.2 Å². The molecule has 4 rings (SSSR count). The van der Waals surface area contributed by atoms with Crippen LogP contribution in [0.4, 0.5) is 4.79 Å². The van der Waals surface area contributed by atoms with Gasteiger partial charge in [-0.25, -0.2) is 4.79 Å². The number of carbonyl (C=O) groups is 3. The molecular formula is C23H32N4O4. The van der Waals surface area contributed by atoms with Gasteiger partial charge in [0.1, 0.15) is 5.75 Å². The number of fused-ring (bicyclic) bond motifs is 2. The van der Waals surface area contributed by atoms with Gasteiger partial charge in [-0.2, -0.15) is 0 Å². The van der Waals surface area contributed by atoms with Crippen LogP contribution < -0.4 is 4.74 Å². The van der Waals surface area contributed by atoms with Crippen molar-refractivity contribution in [1.82, 2.24) is 19.6 Å². The summed E-state index contributed by atoms with van der Waals surface area (Å²) in [6.45, 7) is 2.36. The van der Waals surface area contributed by atoms with Crippen LogP contribution in [0.1, 0.15) is 18.4 Å². The molecule has 1 aromatic carbocycles. The van der Waals surface area contributed by atoms with Gasteiger partial charge in [0.05, 0.1) is 25.0 Å². The molecule has 31 heavy (non-hydrogen) atoms. The van der Waals surface area contributed by atoms with Crippen molar-refractivity contribution in [2.45, 2.75) is 24.8 Å². The predicted molar refractivity (Wildman–Crippen MR) is 116 cm³/mol. The SMILES string of the molecule is COc1cccc(CC(=O)N2CCC3(CC2)[C@H]2CN(C(=O)N(C)C)C[C@H]2C(=O)N3C)c1. The summed E-state index contributed by atoms with van der Waals surface area (Å²) in [6.07, 6.45) is 1.85. The number of hydrogen-bond acceptors (Lipinski definition) is 4. The zero-order chi connectivity index (χ0) is 22.3. The van der Waals surface area contributed by atoms with Gasteiger partial charge < -0.3 is 24.3 Å². The summed E-state index contributed by atoms with van der Waals surface area (Å²) in [6, 6.07) is 7.56. The molecule has 3 aliphatic heterocycles. The van der Waals surface area contributed by atoms with Crippen molar-refractivity contribution < 1.29 is 19.1 Å². The number of piperidine rings is 1. The van der Waals surface area contributed by atoms with E-state index in [9.17, 15) is 14.4 Å². The Morgan fingerprint density at radius 3 is 2.52 bits per heavy atom. The fourth-order valence-electron chi connectivity index (χ4n) is 5.67. The zero-order valence-corrected chi connectivity index (χ0v) is 18.8. The average Bonchev–Trinajstić information content (AvgIpc) is 3.29. The third kappa shape index (κ3) is 3.62. The van der Waals surface area contributed by atoms with Gasteiger partial charge in [-0.15, -0.1) is 0 Å². The summed E-state index contributed by atoms with van der Waals surface area (Å²) in [5.74, 6) is 0.980. The molecule has 0 aliphatic carbocycles. The van der Waals surface area contributed by atoms with Crippen molar-refractivity contribution in [1.29, 1.82) is 0 Å². The Hall–Kier alpha value is -2.77. The van der Waals surface area contributed by atoms with Crippen LogP contribution >= 0.6 is 0 Å². The predicted octanol–water partition coefficient (Wildman–Crippen LogP) is 1.30. The molecule has 0 unspecified atom stereocenters. The summed E-state index contributed by atoms with van der Waals surface area (Å²) >= 11 is 0. The average molecular weight is 429 g/mol. The number of urea groups is 1. The molecule has 8 heteroatoms. The normalized spacial score (nSPS) is 24.5. The fourth-order valence-corrected chi connectivity index (χ4v) is 5.67. The van der Waals surface area contributed by atoms with E-state index in [4.69, 9.17) is 4.74 Å². The maximum Gasteiger partial charge on any atom is 0.319 e. The summed E-state index contributed by atoms with van der Waals surface area (Å²) in [5, 5.41) is 0. The number of nitrogens with zero attached hydrogens (tertiary/aromatic N) is 4. The molecule has 8 nitrogen and oxygen atoms in total. The van der Waals surface area contributed by atoms with E-state index in [1.165, 1.54) is 0 Å². The first-order valence-electron chi connectivity index (χ1n) is 10.9. The summed E-state index contributed by atoms with van der Waals surface area (Å²) in [4.78, 5) is 45.6. The first-order valence-corrected chi connectivity index (χ1v) is 10.9. The number of ether oxygens (including phenoxy) is 1. The minimum Gasteiger partial charge on any atom is -0.497 e. The summed E-state index contributed by atoms with van der Waals surface area (Å²) < 4.78 is 5.25. The van der Waals surface area contributed by atoms with Crippen molar-refractivity contribution in [2.24, 2.45) is 11.8 Å². The second kappa shape index (κ2) is 8.05. The molecule has 3 saturated heterocycles. The Kier molecular flexibility index (Phi) is 5.58. The first-order chi connectivity index (χ1) is 14.8. The monoisotopic (exact) mass is 428 g/mol. The molecule has 3 aliphatic rings. The van der Waals surface area contributed by atoms with Crippen molar-refractivity contribution in [2.75, 3.05) is 54.4 Å². The van der Waals surface area contributed by atoms with E-state index in [0.717, 1.165) is 24.2 Å². The van der Waals surface area contributed by atoms with Crippen molar-refractivity contribution >= 4 is 17.8 Å². The molecule has 3 heterocycles. The van der Waals surface area contributed by atoms with Crippen LogP contribution in [0.3, 0.4) is 0 Å². The van der Waals surface area contributed by atoms with Crippen LogP contribution in [0.25, 0.3) is 0 Å². The second-order valence-corrected chi connectivity index (χ2v) is 9.20. The van der Waals surface area contributed by atoms with Crippen LogP contribution in [0.5, 0.6) is 5.75 Å². The molecule has 3 fully saturated rings. The standard InChI is InChI=1S/C23H32N4O4/c1-24(2)22(30)27-14-18-19(15-27)23(25(3)21(18)29)8-10-26(11-9-23)20(28)13-16-6-5-7-17(12-16)31-4/h5-7,12,18-19H,8-11,13-15H2,1-4H3/t18-,19+/m1/s1. The number of hydrogen-bond donors (Lipinski definition) is 0. The number of benzene rings is 1. The van der Waals surface area contributed by atoms with Crippen LogP contribution in [0.15, 0.2) is 24.3 Å². The van der Waals surface area contributed by atoms with Gasteiger partial charge >= 0.3 is 6.03 Å². The molecule has 0 saturated carbocycles. The van der Waals surface area contributed by atoms with Gasteiger partial charge in [-0.3, -0.25) is 9.59 Å². The molecule has 1 spiro atoms. The van der Waals surface area contributed by atoms with E-state index >= 15 is 0 Å². The summed E-state index contributed by atoms with van der Waals surface area (Å²) in [7, 11) is 7.00. The van der Waals surface area contributed by atoms with E-state index < -0.39 is 0 Å². The molecule has 0 N–H and O–H groups in total. The minimum absolute atomic E-state index is 0.0362. The van der Waals surface area contributed by atoms with Gasteiger partial charge in [0.25, 0.3) is 0 Å². The van der Waals surface area contributed by atoms with Gasteiger partial charge in [0, 0.05) is 53.2 Å². The molecule has 168 valence electrons. The molecule has 4 amide bonds. The molecule has 0 bridgehead atoms. The second-order valence-electron chi connectivity index (χ2n) is 9.20. The first kappa shape index (κ1) is 21.5. The quantitative estimate of drug-likeness (QED) is 0.728. The van der Waals surface area contributed by atoms with Gasteiger partial charge in [-0.1, -0.05) is 12.1 Å². The lowest BCUT2D eigenvalue weighted by Crippen LogP contribution is -2.57. The van der Waals surface area contributed by atoms with Crippen LogP contribution in [-0.2, 0) is 16.0 Å². The Morgan fingerprint density at radius 2 is 1.87 bits per heavy atom. The lowest BCUT2D eigenvalue weighted by molar-refractivity contribution is -0.136. The molecule has 0 radical (unpaired) electrons. The third-order valence-electron chi connectivity index (χ3n) is 7.45. The highest BCUT2D eigenvalue weighted by Gasteiger charge is 2.61. The van der Waals surface area contributed by atoms with Crippen LogP contribution in [0, 0.1) is 11.8 Å². The summed E-state index contributed by atoms with van der Waals surface area (Å²) in [5.41, 5.74) is 0.669. The topological polar surface area (TPSA) is 73.4 Å². The molecule has 1 aromatic rings. The van der Waals surface area contributed by atoms with Crippen molar-refractivity contribution in [3.63, 3.8) is 0 Å². The lowest BCUT2D eigenvalue weighted by Gasteiger charge is -2.46. The van der Waals surface area contributed by atoms with Crippen molar-refractivity contribution in [3.05, 3.63) is 29.8 Å². The van der Waals surface area contributed by atoms with Crippen molar-refractivity contribution in [3.8, 4) is 5.75 Å². The lowest BCUT2D eigenvalue weighted by atomic mass is 9.75. The van der Waals surface area contributed by atoms with Gasteiger partial charge in [-0.05, 0) is 30.5 Å². The largest absolute Gasteiger partial charge is 0.497 e. The molecule has 2 atom stereocenters. The third-order valence-corrected chi connectivity index (χ3v) is 7.45. The maximum absolute atomic E-state index is 13.0. The number of methoxy groups -OCH3 is 1. The van der Waals surface area contributed by atoms with E-state index in [2.05, 4.69) is 0 Å². The zero-order valence-electron chi connectivity index (χ0n) is 18.8. The van der Waals surface area contributed by atoms with E-state index in [1.54, 1.807) is 26.1 Å². The highest BCUT2D eigenvalue weighted by molar-refractivity contribution is 5.85.